The summed E-state index contributed by atoms with van der Waals surface area (Å²) in [5.74, 6) is -0.307. The van der Waals surface area contributed by atoms with E-state index in [0.29, 0.717) is 13.0 Å². The van der Waals surface area contributed by atoms with E-state index in [4.69, 9.17) is 10.8 Å². The zero-order chi connectivity index (χ0) is 11.2. The van der Waals surface area contributed by atoms with Crippen LogP contribution in [0.15, 0.2) is 0 Å². The van der Waals surface area contributed by atoms with E-state index < -0.39 is 5.60 Å². The first-order valence-corrected chi connectivity index (χ1v) is 4.74. The molecule has 0 aliphatic carbocycles. The standard InChI is InChI=1S/C9H20N2O3/c1-7(3-4-10)8(13)11-5-9(2,14)6-12/h7,12,14H,3-6,10H2,1-2H3,(H,11,13). The number of nitrogens with one attached hydrogen (secondary N) is 1. The van der Waals surface area contributed by atoms with Crippen molar-refractivity contribution >= 4 is 5.91 Å². The molecule has 0 aromatic rings. The molecule has 14 heavy (non-hydrogen) atoms. The summed E-state index contributed by atoms with van der Waals surface area (Å²) in [6.07, 6.45) is 0.618. The maximum absolute atomic E-state index is 11.3. The van der Waals surface area contributed by atoms with Crippen LogP contribution in [0.5, 0.6) is 0 Å². The molecule has 0 saturated heterocycles. The van der Waals surface area contributed by atoms with Gasteiger partial charge in [-0.25, -0.2) is 0 Å². The van der Waals surface area contributed by atoms with Gasteiger partial charge in [-0.3, -0.25) is 4.79 Å². The summed E-state index contributed by atoms with van der Waals surface area (Å²) in [7, 11) is 0. The Morgan fingerprint density at radius 1 is 1.64 bits per heavy atom. The van der Waals surface area contributed by atoms with Gasteiger partial charge in [-0.1, -0.05) is 6.92 Å². The minimum atomic E-state index is -1.25. The minimum Gasteiger partial charge on any atom is -0.393 e. The largest absolute Gasteiger partial charge is 0.393 e. The Bertz CT molecular complexity index is 183. The van der Waals surface area contributed by atoms with Crippen LogP contribution in [0.25, 0.3) is 0 Å². The first-order valence-electron chi connectivity index (χ1n) is 4.74. The Labute approximate surface area is 84.3 Å². The number of aliphatic hydroxyl groups excluding tert-OH is 1. The fourth-order valence-electron chi connectivity index (χ4n) is 0.889. The van der Waals surface area contributed by atoms with Crippen molar-refractivity contribution in [3.63, 3.8) is 0 Å². The second-order valence-electron chi connectivity index (χ2n) is 3.85. The van der Waals surface area contributed by atoms with Gasteiger partial charge >= 0.3 is 0 Å². The second kappa shape index (κ2) is 5.95. The van der Waals surface area contributed by atoms with Crippen molar-refractivity contribution in [2.75, 3.05) is 19.7 Å². The third-order valence-corrected chi connectivity index (χ3v) is 2.03. The fourth-order valence-corrected chi connectivity index (χ4v) is 0.889. The number of carbonyl (C=O) groups is 1. The zero-order valence-electron chi connectivity index (χ0n) is 8.79. The maximum atomic E-state index is 11.3. The van der Waals surface area contributed by atoms with Crippen LogP contribution in [0.4, 0.5) is 0 Å². The highest BCUT2D eigenvalue weighted by molar-refractivity contribution is 5.78. The molecule has 0 radical (unpaired) electrons. The number of carbonyl (C=O) groups excluding carboxylic acids is 1. The molecule has 5 heteroatoms. The van der Waals surface area contributed by atoms with E-state index in [-0.39, 0.29) is 25.0 Å². The molecule has 0 fully saturated rings. The quantitative estimate of drug-likeness (QED) is 0.438. The van der Waals surface area contributed by atoms with Gasteiger partial charge in [0.15, 0.2) is 0 Å². The predicted octanol–water partition coefficient (Wildman–Crippen LogP) is -1.17. The van der Waals surface area contributed by atoms with Crippen molar-refractivity contribution < 1.29 is 15.0 Å². The topological polar surface area (TPSA) is 95.6 Å². The Kier molecular flexibility index (Phi) is 5.68. The first-order chi connectivity index (χ1) is 6.43. The smallest absolute Gasteiger partial charge is 0.222 e. The number of hydrogen-bond acceptors (Lipinski definition) is 4. The Hall–Kier alpha value is -0.650. The lowest BCUT2D eigenvalue weighted by Crippen LogP contribution is -2.44. The summed E-state index contributed by atoms with van der Waals surface area (Å²) in [6, 6.07) is 0. The molecule has 5 N–H and O–H groups in total. The summed E-state index contributed by atoms with van der Waals surface area (Å²) in [5.41, 5.74) is 4.05. The Balaban J connectivity index is 3.84. The molecule has 0 aliphatic rings. The molecule has 0 rings (SSSR count). The number of aliphatic hydroxyl groups is 2. The van der Waals surface area contributed by atoms with Gasteiger partial charge in [0, 0.05) is 12.5 Å². The number of rotatable bonds is 6. The van der Waals surface area contributed by atoms with E-state index in [9.17, 15) is 9.90 Å². The lowest BCUT2D eigenvalue weighted by atomic mass is 10.1. The summed E-state index contributed by atoms with van der Waals surface area (Å²) >= 11 is 0. The van der Waals surface area contributed by atoms with Crippen LogP contribution in [-0.4, -0.2) is 41.4 Å². The van der Waals surface area contributed by atoms with Crippen molar-refractivity contribution in [2.24, 2.45) is 11.7 Å². The molecule has 2 unspecified atom stereocenters. The van der Waals surface area contributed by atoms with Gasteiger partial charge in [0.25, 0.3) is 0 Å². The van der Waals surface area contributed by atoms with E-state index in [1.807, 2.05) is 0 Å². The fraction of sp³-hybridized carbons (Fsp3) is 0.889. The minimum absolute atomic E-state index is 0.0528. The highest BCUT2D eigenvalue weighted by Gasteiger charge is 2.21. The highest BCUT2D eigenvalue weighted by atomic mass is 16.3. The number of nitrogens with two attached hydrogens (primary N) is 1. The number of amides is 1. The van der Waals surface area contributed by atoms with E-state index >= 15 is 0 Å². The van der Waals surface area contributed by atoms with Gasteiger partial charge in [-0.15, -0.1) is 0 Å². The summed E-state index contributed by atoms with van der Waals surface area (Å²) in [5, 5.41) is 20.7. The normalized spacial score (nSPS) is 17.2. The third-order valence-electron chi connectivity index (χ3n) is 2.03. The van der Waals surface area contributed by atoms with Crippen LogP contribution in [0.2, 0.25) is 0 Å². The summed E-state index contributed by atoms with van der Waals surface area (Å²) in [6.45, 7) is 3.37. The third kappa shape index (κ3) is 5.16. The van der Waals surface area contributed by atoms with E-state index in [1.54, 1.807) is 6.92 Å². The van der Waals surface area contributed by atoms with E-state index in [1.165, 1.54) is 6.92 Å². The van der Waals surface area contributed by atoms with Crippen LogP contribution in [0, 0.1) is 5.92 Å². The SMILES string of the molecule is CC(CCN)C(=O)NCC(C)(O)CO. The maximum Gasteiger partial charge on any atom is 0.222 e. The molecule has 84 valence electrons. The second-order valence-corrected chi connectivity index (χ2v) is 3.85. The van der Waals surface area contributed by atoms with Crippen molar-refractivity contribution in [2.45, 2.75) is 25.9 Å². The molecule has 1 amide bonds. The average Bonchev–Trinajstić information content (AvgIpc) is 2.15. The molecule has 0 heterocycles. The van der Waals surface area contributed by atoms with Gasteiger partial charge in [0.2, 0.25) is 5.91 Å². The van der Waals surface area contributed by atoms with Crippen LogP contribution in [0.3, 0.4) is 0 Å². The Morgan fingerprint density at radius 2 is 2.21 bits per heavy atom. The molecule has 0 aromatic heterocycles. The molecule has 2 atom stereocenters. The van der Waals surface area contributed by atoms with Crippen molar-refractivity contribution in [3.8, 4) is 0 Å². The zero-order valence-corrected chi connectivity index (χ0v) is 8.79. The van der Waals surface area contributed by atoms with Gasteiger partial charge < -0.3 is 21.3 Å². The predicted molar refractivity (Wildman–Crippen MR) is 53.6 cm³/mol. The molecular formula is C9H20N2O3. The summed E-state index contributed by atoms with van der Waals surface area (Å²) in [4.78, 5) is 11.3. The number of hydrogen-bond donors (Lipinski definition) is 4. The van der Waals surface area contributed by atoms with Crippen LogP contribution < -0.4 is 11.1 Å². The van der Waals surface area contributed by atoms with Crippen LogP contribution in [-0.2, 0) is 4.79 Å². The van der Waals surface area contributed by atoms with Crippen LogP contribution in [0.1, 0.15) is 20.3 Å². The van der Waals surface area contributed by atoms with Crippen LogP contribution >= 0.6 is 0 Å². The van der Waals surface area contributed by atoms with E-state index in [0.717, 1.165) is 0 Å². The monoisotopic (exact) mass is 204 g/mol. The average molecular weight is 204 g/mol. The molecule has 5 nitrogen and oxygen atoms in total. The Morgan fingerprint density at radius 3 is 2.64 bits per heavy atom. The lowest BCUT2D eigenvalue weighted by molar-refractivity contribution is -0.126. The van der Waals surface area contributed by atoms with E-state index in [2.05, 4.69) is 5.32 Å². The van der Waals surface area contributed by atoms with Crippen molar-refractivity contribution in [1.82, 2.24) is 5.32 Å². The van der Waals surface area contributed by atoms with Crippen molar-refractivity contribution in [1.29, 1.82) is 0 Å². The lowest BCUT2D eigenvalue weighted by Gasteiger charge is -2.21. The molecular weight excluding hydrogens is 184 g/mol. The molecule has 0 aromatic carbocycles. The van der Waals surface area contributed by atoms with Gasteiger partial charge in [-0.2, -0.15) is 0 Å². The van der Waals surface area contributed by atoms with Crippen molar-refractivity contribution in [3.05, 3.63) is 0 Å². The van der Waals surface area contributed by atoms with Gasteiger partial charge in [-0.05, 0) is 19.9 Å². The summed E-state index contributed by atoms with van der Waals surface area (Å²) < 4.78 is 0. The molecule has 0 aliphatic heterocycles. The molecule has 0 saturated carbocycles. The molecule has 0 bridgehead atoms. The first kappa shape index (κ1) is 13.4. The molecule has 0 spiro atoms. The van der Waals surface area contributed by atoms with Gasteiger partial charge in [0.05, 0.1) is 6.61 Å². The highest BCUT2D eigenvalue weighted by Crippen LogP contribution is 2.02. The van der Waals surface area contributed by atoms with Gasteiger partial charge in [0.1, 0.15) is 5.60 Å².